The molecule has 3 nitrogen and oxygen atoms in total. The van der Waals surface area contributed by atoms with Crippen molar-refractivity contribution in [3.63, 3.8) is 0 Å². The Kier molecular flexibility index (Phi) is 4.78. The van der Waals surface area contributed by atoms with E-state index in [1.54, 1.807) is 0 Å². The minimum absolute atomic E-state index is 0.284. The van der Waals surface area contributed by atoms with Gasteiger partial charge in [0, 0.05) is 16.0 Å². The highest BCUT2D eigenvalue weighted by Gasteiger charge is 2.23. The Bertz CT molecular complexity index is 1210. The average Bonchev–Trinajstić information content (AvgIpc) is 2.89. The van der Waals surface area contributed by atoms with Crippen molar-refractivity contribution in [2.24, 2.45) is 0 Å². The molecule has 2 heterocycles. The van der Waals surface area contributed by atoms with Gasteiger partial charge in [0.25, 0.3) is 0 Å². The number of aromatic nitrogens is 1. The van der Waals surface area contributed by atoms with Crippen LogP contribution in [0.1, 0.15) is 27.8 Å². The summed E-state index contributed by atoms with van der Waals surface area (Å²) in [6.07, 6.45) is 0. The topological polar surface area (TPSA) is 31.4 Å². The number of nitrogens with zero attached hydrogens (tertiary/aromatic N) is 1. The second kappa shape index (κ2) is 7.58. The lowest BCUT2D eigenvalue weighted by atomic mass is 10.00. The summed E-state index contributed by atoms with van der Waals surface area (Å²) in [6, 6.07) is 23.5. The maximum atomic E-state index is 6.79. The van der Waals surface area contributed by atoms with E-state index in [4.69, 9.17) is 32.7 Å². The molecule has 0 fully saturated rings. The lowest BCUT2D eigenvalue weighted by Gasteiger charge is -2.14. The van der Waals surface area contributed by atoms with E-state index in [-0.39, 0.29) is 5.38 Å². The maximum absolute atomic E-state index is 6.79. The van der Waals surface area contributed by atoms with Crippen LogP contribution in [0.2, 0.25) is 5.02 Å². The molecule has 1 aliphatic rings. The third-order valence-electron chi connectivity index (χ3n) is 5.06. The summed E-state index contributed by atoms with van der Waals surface area (Å²) in [6.45, 7) is 0.863. The molecule has 1 unspecified atom stereocenters. The van der Waals surface area contributed by atoms with E-state index < -0.39 is 0 Å². The lowest BCUT2D eigenvalue weighted by Crippen LogP contribution is -2.00. The smallest absolute Gasteiger partial charge is 0.130 e. The van der Waals surface area contributed by atoms with Gasteiger partial charge >= 0.3 is 0 Å². The predicted molar refractivity (Wildman–Crippen MR) is 116 cm³/mol. The third-order valence-corrected chi connectivity index (χ3v) is 5.77. The molecule has 144 valence electrons. The van der Waals surface area contributed by atoms with Crippen LogP contribution in [-0.4, -0.2) is 4.98 Å². The van der Waals surface area contributed by atoms with Crippen molar-refractivity contribution in [1.82, 2.24) is 4.98 Å². The van der Waals surface area contributed by atoms with Gasteiger partial charge in [-0.2, -0.15) is 0 Å². The van der Waals surface area contributed by atoms with E-state index in [0.29, 0.717) is 18.2 Å². The van der Waals surface area contributed by atoms with Crippen LogP contribution >= 0.6 is 23.2 Å². The molecule has 29 heavy (non-hydrogen) atoms. The largest absolute Gasteiger partial charge is 0.489 e. The maximum Gasteiger partial charge on any atom is 0.130 e. The van der Waals surface area contributed by atoms with Crippen LogP contribution < -0.4 is 9.47 Å². The van der Waals surface area contributed by atoms with Crippen LogP contribution in [0.5, 0.6) is 11.5 Å². The highest BCUT2D eigenvalue weighted by Crippen LogP contribution is 2.41. The van der Waals surface area contributed by atoms with Gasteiger partial charge in [0.2, 0.25) is 0 Å². The minimum atomic E-state index is -0.284. The molecule has 0 radical (unpaired) electrons. The van der Waals surface area contributed by atoms with Crippen molar-refractivity contribution in [3.8, 4) is 11.5 Å². The molecule has 0 N–H and O–H groups in total. The number of fused-ring (bicyclic) bond motifs is 3. The Labute approximate surface area is 178 Å². The van der Waals surface area contributed by atoms with Gasteiger partial charge in [-0.15, -0.1) is 11.6 Å². The van der Waals surface area contributed by atoms with E-state index in [1.165, 1.54) is 0 Å². The van der Waals surface area contributed by atoms with Crippen molar-refractivity contribution < 1.29 is 9.47 Å². The summed E-state index contributed by atoms with van der Waals surface area (Å²) < 4.78 is 12.0. The van der Waals surface area contributed by atoms with Crippen molar-refractivity contribution in [2.75, 3.05) is 0 Å². The van der Waals surface area contributed by atoms with Crippen LogP contribution in [0.4, 0.5) is 0 Å². The lowest BCUT2D eigenvalue weighted by molar-refractivity contribution is 0.295. The number of pyridine rings is 1. The van der Waals surface area contributed by atoms with E-state index in [9.17, 15) is 0 Å². The van der Waals surface area contributed by atoms with Crippen LogP contribution in [-0.2, 0) is 13.2 Å². The molecule has 0 aliphatic carbocycles. The Balaban J connectivity index is 1.40. The normalized spacial score (nSPS) is 15.2. The molecule has 4 aromatic rings. The molecule has 0 amide bonds. The Hall–Kier alpha value is -2.75. The van der Waals surface area contributed by atoms with Crippen molar-refractivity contribution >= 4 is 34.1 Å². The van der Waals surface area contributed by atoms with E-state index in [2.05, 4.69) is 4.98 Å². The van der Waals surface area contributed by atoms with Crippen molar-refractivity contribution in [3.05, 3.63) is 100 Å². The summed E-state index contributed by atoms with van der Waals surface area (Å²) in [4.78, 5) is 4.64. The van der Waals surface area contributed by atoms with Crippen LogP contribution in [0.25, 0.3) is 10.9 Å². The van der Waals surface area contributed by atoms with Gasteiger partial charge in [0.05, 0.1) is 16.6 Å². The zero-order chi connectivity index (χ0) is 19.8. The molecule has 0 bridgehead atoms. The quantitative estimate of drug-likeness (QED) is 0.345. The predicted octanol–water partition coefficient (Wildman–Crippen LogP) is 6.69. The van der Waals surface area contributed by atoms with Crippen LogP contribution in [0.15, 0.2) is 72.8 Å². The van der Waals surface area contributed by atoms with E-state index in [0.717, 1.165) is 44.8 Å². The number of alkyl halides is 1. The van der Waals surface area contributed by atoms with Crippen molar-refractivity contribution in [2.45, 2.75) is 18.6 Å². The highest BCUT2D eigenvalue weighted by atomic mass is 35.5. The molecule has 5 rings (SSSR count). The number of benzene rings is 3. The molecular weight excluding hydrogens is 405 g/mol. The first kappa shape index (κ1) is 18.3. The van der Waals surface area contributed by atoms with E-state index in [1.807, 2.05) is 72.8 Å². The van der Waals surface area contributed by atoms with Gasteiger partial charge in [0.15, 0.2) is 0 Å². The fourth-order valence-corrected chi connectivity index (χ4v) is 4.10. The number of rotatable bonds is 3. The first-order valence-electron chi connectivity index (χ1n) is 9.34. The van der Waals surface area contributed by atoms with Gasteiger partial charge in [-0.3, -0.25) is 0 Å². The van der Waals surface area contributed by atoms with Gasteiger partial charge < -0.3 is 9.47 Å². The number of ether oxygens (including phenoxy) is 2. The standard InChI is InChI=1S/C24H17Cl2NO2/c25-17-7-5-15-6-8-18(27-22(15)11-17)14-28-19-9-10-23-21(12-19)24(26)20-4-2-1-3-16(20)13-29-23/h1-12,24H,13-14H2. The van der Waals surface area contributed by atoms with Gasteiger partial charge in [-0.1, -0.05) is 48.0 Å². The molecular formula is C24H17Cl2NO2. The minimum Gasteiger partial charge on any atom is -0.489 e. The Morgan fingerprint density at radius 1 is 0.966 bits per heavy atom. The molecule has 1 aliphatic heterocycles. The summed E-state index contributed by atoms with van der Waals surface area (Å²) in [5, 5.41) is 1.43. The van der Waals surface area contributed by atoms with E-state index >= 15 is 0 Å². The molecule has 0 spiro atoms. The first-order valence-corrected chi connectivity index (χ1v) is 10.2. The summed E-state index contributed by atoms with van der Waals surface area (Å²) in [5.74, 6) is 1.51. The van der Waals surface area contributed by atoms with Gasteiger partial charge in [-0.05, 0) is 47.5 Å². The number of hydrogen-bond donors (Lipinski definition) is 0. The average molecular weight is 422 g/mol. The second-order valence-electron chi connectivity index (χ2n) is 6.98. The zero-order valence-corrected chi connectivity index (χ0v) is 17.0. The Morgan fingerprint density at radius 2 is 1.83 bits per heavy atom. The third kappa shape index (κ3) is 3.64. The number of halogens is 2. The fraction of sp³-hybridized carbons (Fsp3) is 0.125. The van der Waals surface area contributed by atoms with Gasteiger partial charge in [0.1, 0.15) is 24.7 Å². The molecule has 5 heteroatoms. The second-order valence-corrected chi connectivity index (χ2v) is 7.85. The van der Waals surface area contributed by atoms with Crippen LogP contribution in [0.3, 0.4) is 0 Å². The summed E-state index contributed by atoms with van der Waals surface area (Å²) >= 11 is 12.9. The number of hydrogen-bond acceptors (Lipinski definition) is 3. The van der Waals surface area contributed by atoms with Crippen LogP contribution in [0, 0.1) is 0 Å². The fourth-order valence-electron chi connectivity index (χ4n) is 3.55. The highest BCUT2D eigenvalue weighted by molar-refractivity contribution is 6.31. The molecule has 1 atom stereocenters. The molecule has 1 aromatic heterocycles. The monoisotopic (exact) mass is 421 g/mol. The van der Waals surface area contributed by atoms with Gasteiger partial charge in [-0.25, -0.2) is 4.98 Å². The zero-order valence-electron chi connectivity index (χ0n) is 15.4. The molecule has 0 saturated heterocycles. The summed E-state index contributed by atoms with van der Waals surface area (Å²) in [5.41, 5.74) is 4.76. The summed E-state index contributed by atoms with van der Waals surface area (Å²) in [7, 11) is 0. The molecule has 3 aromatic carbocycles. The Morgan fingerprint density at radius 3 is 2.76 bits per heavy atom. The molecule has 0 saturated carbocycles. The first-order chi connectivity index (χ1) is 14.2. The van der Waals surface area contributed by atoms with Crippen molar-refractivity contribution in [1.29, 1.82) is 0 Å². The SMILES string of the molecule is Clc1ccc2ccc(COc3ccc4c(c3)C(Cl)c3ccccc3CO4)nc2c1.